The third-order valence-corrected chi connectivity index (χ3v) is 5.58. The van der Waals surface area contributed by atoms with E-state index in [2.05, 4.69) is 26.0 Å². The zero-order chi connectivity index (χ0) is 14.8. The van der Waals surface area contributed by atoms with Crippen LogP contribution in [0.25, 0.3) is 0 Å². The number of carbonyl (C=O) groups excluding carboxylic acids is 1. The predicted octanol–water partition coefficient (Wildman–Crippen LogP) is 3.85. The number of carbonyl (C=O) groups is 1. The monoisotopic (exact) mass is 272 g/mol. The van der Waals surface area contributed by atoms with E-state index in [0.717, 1.165) is 32.1 Å². The first-order valence-corrected chi connectivity index (χ1v) is 7.88. The van der Waals surface area contributed by atoms with Crippen LogP contribution in [0.1, 0.15) is 58.8 Å². The number of nitriles is 2. The van der Waals surface area contributed by atoms with Gasteiger partial charge in [-0.1, -0.05) is 26.7 Å². The summed E-state index contributed by atoms with van der Waals surface area (Å²) in [6.07, 6.45) is 6.24. The van der Waals surface area contributed by atoms with Gasteiger partial charge in [0.15, 0.2) is 0 Å². The highest BCUT2D eigenvalue weighted by atomic mass is 16.1. The lowest BCUT2D eigenvalue weighted by Crippen LogP contribution is -2.50. The number of rotatable bonds is 3. The predicted molar refractivity (Wildman–Crippen MR) is 76.3 cm³/mol. The van der Waals surface area contributed by atoms with Crippen LogP contribution in [0.15, 0.2) is 0 Å². The summed E-state index contributed by atoms with van der Waals surface area (Å²) in [5, 5.41) is 18.8. The van der Waals surface area contributed by atoms with Gasteiger partial charge in [-0.25, -0.2) is 0 Å². The average molecular weight is 272 g/mol. The van der Waals surface area contributed by atoms with Crippen LogP contribution in [-0.4, -0.2) is 5.78 Å². The summed E-state index contributed by atoms with van der Waals surface area (Å²) in [7, 11) is 0. The molecular formula is C17H24N2O. The maximum Gasteiger partial charge on any atom is 0.139 e. The molecule has 2 aliphatic carbocycles. The fourth-order valence-corrected chi connectivity index (χ4v) is 4.66. The van der Waals surface area contributed by atoms with E-state index in [9.17, 15) is 15.3 Å². The molecule has 2 rings (SSSR count). The van der Waals surface area contributed by atoms with Crippen molar-refractivity contribution in [3.8, 4) is 12.1 Å². The van der Waals surface area contributed by atoms with Crippen LogP contribution < -0.4 is 0 Å². The summed E-state index contributed by atoms with van der Waals surface area (Å²) in [6.45, 7) is 4.41. The molecule has 4 atom stereocenters. The fourth-order valence-electron chi connectivity index (χ4n) is 4.66. The van der Waals surface area contributed by atoms with Crippen LogP contribution >= 0.6 is 0 Å². The maximum absolute atomic E-state index is 12.2. The SMILES string of the molecule is CCC[C@@H]1CC(=O)C[C@@]2(C(C#N)C#N)CC[C@H](C)C[C@@H]12. The Morgan fingerprint density at radius 2 is 2.10 bits per heavy atom. The van der Waals surface area contributed by atoms with E-state index in [0.29, 0.717) is 30.6 Å². The van der Waals surface area contributed by atoms with Gasteiger partial charge in [-0.15, -0.1) is 0 Å². The van der Waals surface area contributed by atoms with Crippen LogP contribution in [0.5, 0.6) is 0 Å². The lowest BCUT2D eigenvalue weighted by Gasteiger charge is -2.52. The standard InChI is InChI=1S/C17H24N2O/c1-3-4-13-8-15(20)9-17(14(10-18)11-19)6-5-12(2)7-16(13)17/h12-14,16H,3-9H2,1-2H3/t12-,13+,16-,17+/m0/s1. The summed E-state index contributed by atoms with van der Waals surface area (Å²) >= 11 is 0. The molecule has 20 heavy (non-hydrogen) atoms. The van der Waals surface area contributed by atoms with Gasteiger partial charge in [0.1, 0.15) is 11.7 Å². The summed E-state index contributed by atoms with van der Waals surface area (Å²) in [4.78, 5) is 12.2. The smallest absolute Gasteiger partial charge is 0.139 e. The third kappa shape index (κ3) is 2.47. The van der Waals surface area contributed by atoms with Crippen molar-refractivity contribution in [1.29, 1.82) is 10.5 Å². The van der Waals surface area contributed by atoms with E-state index >= 15 is 0 Å². The van der Waals surface area contributed by atoms with Crippen LogP contribution in [-0.2, 0) is 4.79 Å². The molecule has 3 heteroatoms. The molecule has 2 fully saturated rings. The Hall–Kier alpha value is -1.35. The molecule has 0 unspecified atom stereocenters. The second-order valence-electron chi connectivity index (χ2n) is 6.88. The first-order valence-electron chi connectivity index (χ1n) is 7.88. The molecule has 2 saturated carbocycles. The Bertz CT molecular complexity index is 445. The van der Waals surface area contributed by atoms with Crippen LogP contribution in [0, 0.1) is 51.7 Å². The molecule has 0 heterocycles. The van der Waals surface area contributed by atoms with Gasteiger partial charge in [-0.2, -0.15) is 10.5 Å². The van der Waals surface area contributed by atoms with E-state index in [1.54, 1.807) is 0 Å². The van der Waals surface area contributed by atoms with E-state index in [4.69, 9.17) is 0 Å². The fraction of sp³-hybridized carbons (Fsp3) is 0.824. The lowest BCUT2D eigenvalue weighted by molar-refractivity contribution is -0.134. The second-order valence-corrected chi connectivity index (χ2v) is 6.88. The third-order valence-electron chi connectivity index (χ3n) is 5.58. The molecular weight excluding hydrogens is 248 g/mol. The Morgan fingerprint density at radius 3 is 2.70 bits per heavy atom. The molecule has 2 aliphatic rings. The first-order chi connectivity index (χ1) is 9.57. The number of hydrogen-bond donors (Lipinski definition) is 0. The van der Waals surface area contributed by atoms with Crippen molar-refractivity contribution in [2.45, 2.75) is 58.8 Å². The molecule has 0 bridgehead atoms. The molecule has 0 radical (unpaired) electrons. The van der Waals surface area contributed by atoms with Crippen molar-refractivity contribution in [2.24, 2.45) is 29.1 Å². The van der Waals surface area contributed by atoms with Gasteiger partial charge in [0.05, 0.1) is 12.1 Å². The molecule has 0 N–H and O–H groups in total. The van der Waals surface area contributed by atoms with E-state index in [1.807, 2.05) is 0 Å². The number of nitrogens with zero attached hydrogens (tertiary/aromatic N) is 2. The van der Waals surface area contributed by atoms with Crippen LogP contribution in [0.2, 0.25) is 0 Å². The molecule has 3 nitrogen and oxygen atoms in total. The molecule has 0 aromatic carbocycles. The van der Waals surface area contributed by atoms with Crippen molar-refractivity contribution < 1.29 is 4.79 Å². The van der Waals surface area contributed by atoms with Crippen molar-refractivity contribution in [1.82, 2.24) is 0 Å². The quantitative estimate of drug-likeness (QED) is 0.783. The molecule has 0 aromatic rings. The Balaban J connectivity index is 2.39. The number of Topliss-reactive ketones (excluding diaryl/α,β-unsaturated/α-hetero) is 1. The van der Waals surface area contributed by atoms with Gasteiger partial charge >= 0.3 is 0 Å². The first kappa shape index (κ1) is 15.0. The molecule has 0 aliphatic heterocycles. The van der Waals surface area contributed by atoms with Crippen molar-refractivity contribution in [2.75, 3.05) is 0 Å². The molecule has 0 spiro atoms. The minimum atomic E-state index is -0.622. The summed E-state index contributed by atoms with van der Waals surface area (Å²) < 4.78 is 0. The van der Waals surface area contributed by atoms with Gasteiger partial charge in [0, 0.05) is 18.3 Å². The maximum atomic E-state index is 12.2. The molecule has 0 saturated heterocycles. The summed E-state index contributed by atoms with van der Waals surface area (Å²) in [5.41, 5.74) is -0.356. The van der Waals surface area contributed by atoms with Gasteiger partial charge in [-0.3, -0.25) is 4.79 Å². The van der Waals surface area contributed by atoms with Crippen molar-refractivity contribution in [3.05, 3.63) is 0 Å². The average Bonchev–Trinajstić information content (AvgIpc) is 2.41. The second kappa shape index (κ2) is 5.96. The van der Waals surface area contributed by atoms with Crippen LogP contribution in [0.4, 0.5) is 0 Å². The topological polar surface area (TPSA) is 64.7 Å². The minimum Gasteiger partial charge on any atom is -0.300 e. The largest absolute Gasteiger partial charge is 0.300 e. The molecule has 108 valence electrons. The minimum absolute atomic E-state index is 0.268. The lowest BCUT2D eigenvalue weighted by atomic mass is 9.49. The highest BCUT2D eigenvalue weighted by molar-refractivity contribution is 5.80. The van der Waals surface area contributed by atoms with Gasteiger partial charge in [-0.05, 0) is 37.0 Å². The summed E-state index contributed by atoms with van der Waals surface area (Å²) in [5.74, 6) is 1.06. The van der Waals surface area contributed by atoms with E-state index < -0.39 is 5.92 Å². The van der Waals surface area contributed by atoms with Crippen LogP contribution in [0.3, 0.4) is 0 Å². The van der Waals surface area contributed by atoms with Crippen molar-refractivity contribution in [3.63, 3.8) is 0 Å². The van der Waals surface area contributed by atoms with Gasteiger partial charge < -0.3 is 0 Å². The van der Waals surface area contributed by atoms with Gasteiger partial charge in [0.25, 0.3) is 0 Å². The Labute approximate surface area is 122 Å². The van der Waals surface area contributed by atoms with E-state index in [1.165, 1.54) is 0 Å². The number of ketones is 1. The molecule has 0 aromatic heterocycles. The number of hydrogen-bond acceptors (Lipinski definition) is 3. The Kier molecular flexibility index (Phi) is 4.48. The highest BCUT2D eigenvalue weighted by Gasteiger charge is 2.54. The van der Waals surface area contributed by atoms with E-state index in [-0.39, 0.29) is 11.2 Å². The number of fused-ring (bicyclic) bond motifs is 1. The summed E-state index contributed by atoms with van der Waals surface area (Å²) in [6, 6.07) is 4.39. The zero-order valence-corrected chi connectivity index (χ0v) is 12.6. The normalized spacial score (nSPS) is 37.0. The Morgan fingerprint density at radius 1 is 1.40 bits per heavy atom. The van der Waals surface area contributed by atoms with Gasteiger partial charge in [0.2, 0.25) is 0 Å². The van der Waals surface area contributed by atoms with Crippen molar-refractivity contribution >= 4 is 5.78 Å². The highest BCUT2D eigenvalue weighted by Crippen LogP contribution is 2.57. The molecule has 0 amide bonds. The zero-order valence-electron chi connectivity index (χ0n) is 12.6.